The molecule has 0 radical (unpaired) electrons. The second-order valence-electron chi connectivity index (χ2n) is 7.28. The van der Waals surface area contributed by atoms with Crippen molar-refractivity contribution in [2.24, 2.45) is 13.0 Å². The van der Waals surface area contributed by atoms with Crippen LogP contribution in [-0.4, -0.2) is 75.6 Å². The highest BCUT2D eigenvalue weighted by molar-refractivity contribution is 5.80. The van der Waals surface area contributed by atoms with Gasteiger partial charge in [0.15, 0.2) is 0 Å². The molecule has 0 spiro atoms. The van der Waals surface area contributed by atoms with E-state index in [0.717, 1.165) is 58.5 Å². The molecule has 1 atom stereocenters. The first kappa shape index (κ1) is 17.9. The topological polar surface area (TPSA) is 61.7 Å². The summed E-state index contributed by atoms with van der Waals surface area (Å²) in [5, 5.41) is 4.22. The zero-order chi connectivity index (χ0) is 17.8. The van der Waals surface area contributed by atoms with Gasteiger partial charge in [-0.3, -0.25) is 19.2 Å². The number of aryl methyl sites for hydroxylation is 1. The fourth-order valence-electron chi connectivity index (χ4n) is 3.88. The highest BCUT2D eigenvalue weighted by Crippen LogP contribution is 2.20. The lowest BCUT2D eigenvalue weighted by Crippen LogP contribution is -2.47. The summed E-state index contributed by atoms with van der Waals surface area (Å²) in [5.41, 5.74) is 1.21. The van der Waals surface area contributed by atoms with Gasteiger partial charge in [-0.15, -0.1) is 0 Å². The third-order valence-corrected chi connectivity index (χ3v) is 5.28. The van der Waals surface area contributed by atoms with Gasteiger partial charge in [0.1, 0.15) is 0 Å². The number of hydrogen-bond donors (Lipinski definition) is 0. The molecular weight excluding hydrogens is 318 g/mol. The summed E-state index contributed by atoms with van der Waals surface area (Å²) in [6.07, 6.45) is 6.78. The Morgan fingerprint density at radius 1 is 1.12 bits per heavy atom. The van der Waals surface area contributed by atoms with Crippen molar-refractivity contribution in [1.29, 1.82) is 0 Å². The molecule has 0 unspecified atom stereocenters. The number of piperidine rings is 1. The molecule has 2 fully saturated rings. The van der Waals surface area contributed by atoms with Crippen molar-refractivity contribution in [3.63, 3.8) is 0 Å². The monoisotopic (exact) mass is 347 g/mol. The molecule has 0 N–H and O–H groups in total. The van der Waals surface area contributed by atoms with Gasteiger partial charge in [-0.1, -0.05) is 0 Å². The van der Waals surface area contributed by atoms with E-state index in [1.54, 1.807) is 6.92 Å². The minimum absolute atomic E-state index is 0.0254. The molecule has 2 amide bonds. The SMILES string of the molecule is CC(=O)N1CCC[C@H](C(=O)N2CCCN(Cc3cnn(C)c3)CC2)C1. The van der Waals surface area contributed by atoms with Crippen LogP contribution in [0.1, 0.15) is 31.7 Å². The number of amides is 2. The fourth-order valence-corrected chi connectivity index (χ4v) is 3.88. The van der Waals surface area contributed by atoms with E-state index in [9.17, 15) is 9.59 Å². The summed E-state index contributed by atoms with van der Waals surface area (Å²) in [4.78, 5) is 30.7. The van der Waals surface area contributed by atoms with Crippen LogP contribution in [0, 0.1) is 5.92 Å². The van der Waals surface area contributed by atoms with Crippen molar-refractivity contribution in [3.8, 4) is 0 Å². The maximum Gasteiger partial charge on any atom is 0.227 e. The van der Waals surface area contributed by atoms with Crippen LogP contribution in [0.25, 0.3) is 0 Å². The van der Waals surface area contributed by atoms with Gasteiger partial charge in [-0.2, -0.15) is 5.10 Å². The maximum absolute atomic E-state index is 12.9. The molecule has 3 heterocycles. The van der Waals surface area contributed by atoms with Crippen molar-refractivity contribution in [3.05, 3.63) is 18.0 Å². The minimum atomic E-state index is -0.0254. The first-order valence-corrected chi connectivity index (χ1v) is 9.27. The first-order chi connectivity index (χ1) is 12.0. The molecule has 2 saturated heterocycles. The van der Waals surface area contributed by atoms with Crippen LogP contribution in [-0.2, 0) is 23.2 Å². The molecule has 0 aliphatic carbocycles. The molecule has 2 aliphatic heterocycles. The van der Waals surface area contributed by atoms with Crippen LogP contribution >= 0.6 is 0 Å². The summed E-state index contributed by atoms with van der Waals surface area (Å²) < 4.78 is 1.83. The summed E-state index contributed by atoms with van der Waals surface area (Å²) in [6.45, 7) is 7.34. The van der Waals surface area contributed by atoms with Gasteiger partial charge in [0.05, 0.1) is 12.1 Å². The molecule has 0 aromatic carbocycles. The van der Waals surface area contributed by atoms with E-state index in [0.29, 0.717) is 6.54 Å². The Kier molecular flexibility index (Phi) is 5.73. The lowest BCUT2D eigenvalue weighted by Gasteiger charge is -2.34. The smallest absolute Gasteiger partial charge is 0.227 e. The average molecular weight is 347 g/mol. The number of aromatic nitrogens is 2. The lowest BCUT2D eigenvalue weighted by atomic mass is 9.96. The molecule has 0 saturated carbocycles. The number of hydrogen-bond acceptors (Lipinski definition) is 4. The predicted molar refractivity (Wildman–Crippen MR) is 94.7 cm³/mol. The number of nitrogens with zero attached hydrogens (tertiary/aromatic N) is 5. The van der Waals surface area contributed by atoms with E-state index in [4.69, 9.17) is 0 Å². The van der Waals surface area contributed by atoms with Crippen LogP contribution in [0.15, 0.2) is 12.4 Å². The second-order valence-corrected chi connectivity index (χ2v) is 7.28. The Morgan fingerprint density at radius 3 is 2.64 bits per heavy atom. The largest absolute Gasteiger partial charge is 0.342 e. The number of likely N-dealkylation sites (tertiary alicyclic amines) is 1. The molecule has 1 aromatic heterocycles. The van der Waals surface area contributed by atoms with Crippen molar-refractivity contribution >= 4 is 11.8 Å². The Morgan fingerprint density at radius 2 is 1.92 bits per heavy atom. The van der Waals surface area contributed by atoms with Crippen LogP contribution in [0.3, 0.4) is 0 Å². The van der Waals surface area contributed by atoms with E-state index in [2.05, 4.69) is 10.00 Å². The van der Waals surface area contributed by atoms with Crippen molar-refractivity contribution in [2.75, 3.05) is 39.3 Å². The van der Waals surface area contributed by atoms with Crippen molar-refractivity contribution in [2.45, 2.75) is 32.7 Å². The number of rotatable bonds is 3. The molecule has 3 rings (SSSR count). The molecule has 0 bridgehead atoms. The second kappa shape index (κ2) is 7.99. The van der Waals surface area contributed by atoms with Crippen molar-refractivity contribution < 1.29 is 9.59 Å². The minimum Gasteiger partial charge on any atom is -0.342 e. The van der Waals surface area contributed by atoms with Gasteiger partial charge < -0.3 is 9.80 Å². The molecule has 2 aliphatic rings. The van der Waals surface area contributed by atoms with E-state index in [1.807, 2.05) is 33.9 Å². The van der Waals surface area contributed by atoms with Gasteiger partial charge in [0.2, 0.25) is 11.8 Å². The van der Waals surface area contributed by atoms with Gasteiger partial charge >= 0.3 is 0 Å². The summed E-state index contributed by atoms with van der Waals surface area (Å²) in [7, 11) is 1.93. The highest BCUT2D eigenvalue weighted by atomic mass is 16.2. The third kappa shape index (κ3) is 4.60. The van der Waals surface area contributed by atoms with Crippen LogP contribution < -0.4 is 0 Å². The van der Waals surface area contributed by atoms with Crippen molar-refractivity contribution in [1.82, 2.24) is 24.5 Å². The van der Waals surface area contributed by atoms with E-state index < -0.39 is 0 Å². The van der Waals surface area contributed by atoms with Gasteiger partial charge in [-0.25, -0.2) is 0 Å². The Bertz CT molecular complexity index is 614. The van der Waals surface area contributed by atoms with Crippen LogP contribution in [0.2, 0.25) is 0 Å². The summed E-state index contributed by atoms with van der Waals surface area (Å²) >= 11 is 0. The normalized spacial score (nSPS) is 22.7. The zero-order valence-corrected chi connectivity index (χ0v) is 15.4. The average Bonchev–Trinajstić information content (AvgIpc) is 2.87. The fraction of sp³-hybridized carbons (Fsp3) is 0.722. The Labute approximate surface area is 149 Å². The highest BCUT2D eigenvalue weighted by Gasteiger charge is 2.31. The number of carbonyl (C=O) groups is 2. The third-order valence-electron chi connectivity index (χ3n) is 5.28. The van der Waals surface area contributed by atoms with Gasteiger partial charge in [0.25, 0.3) is 0 Å². The molecule has 138 valence electrons. The lowest BCUT2D eigenvalue weighted by molar-refractivity contribution is -0.140. The van der Waals surface area contributed by atoms with E-state index in [-0.39, 0.29) is 17.7 Å². The Hall–Kier alpha value is -1.89. The summed E-state index contributed by atoms with van der Waals surface area (Å²) in [5.74, 6) is 0.285. The Balaban J connectivity index is 1.53. The van der Waals surface area contributed by atoms with E-state index >= 15 is 0 Å². The standard InChI is InChI=1S/C18H29N5O2/c1-15(24)23-7-3-5-17(14-23)18(25)22-8-4-6-21(9-10-22)13-16-11-19-20(2)12-16/h11-12,17H,3-10,13-14H2,1-2H3/t17-/m0/s1. The predicted octanol–water partition coefficient (Wildman–Crippen LogP) is 0.713. The molecular formula is C18H29N5O2. The molecule has 7 nitrogen and oxygen atoms in total. The van der Waals surface area contributed by atoms with Crippen LogP contribution in [0.4, 0.5) is 0 Å². The van der Waals surface area contributed by atoms with Gasteiger partial charge in [-0.05, 0) is 19.3 Å². The molecule has 25 heavy (non-hydrogen) atoms. The van der Waals surface area contributed by atoms with E-state index in [1.165, 1.54) is 5.56 Å². The first-order valence-electron chi connectivity index (χ1n) is 9.27. The molecule has 1 aromatic rings. The number of carbonyl (C=O) groups excluding carboxylic acids is 2. The zero-order valence-electron chi connectivity index (χ0n) is 15.4. The maximum atomic E-state index is 12.9. The quantitative estimate of drug-likeness (QED) is 0.808. The molecule has 7 heteroatoms. The van der Waals surface area contributed by atoms with Gasteiger partial charge in [0, 0.05) is 71.5 Å². The van der Waals surface area contributed by atoms with Crippen LogP contribution in [0.5, 0.6) is 0 Å². The summed E-state index contributed by atoms with van der Waals surface area (Å²) in [6, 6.07) is 0.